The van der Waals surface area contributed by atoms with Gasteiger partial charge in [-0.15, -0.1) is 0 Å². The molecule has 0 N–H and O–H groups in total. The summed E-state index contributed by atoms with van der Waals surface area (Å²) in [5.41, 5.74) is 0. The molecule has 0 fully saturated rings. The summed E-state index contributed by atoms with van der Waals surface area (Å²) < 4.78 is 10.8. The highest BCUT2D eigenvalue weighted by atomic mass is 32.2. The Hall–Kier alpha value is 0.150. The molecule has 0 amide bonds. The first-order valence-corrected chi connectivity index (χ1v) is 8.80. The van der Waals surface area contributed by atoms with E-state index in [0.717, 1.165) is 12.2 Å². The van der Waals surface area contributed by atoms with Gasteiger partial charge in [-0.3, -0.25) is 4.21 Å². The van der Waals surface area contributed by atoms with E-state index in [0.29, 0.717) is 0 Å². The molecule has 0 aliphatic rings. The maximum absolute atomic E-state index is 10.8. The van der Waals surface area contributed by atoms with Gasteiger partial charge in [0.1, 0.15) is 0 Å². The van der Waals surface area contributed by atoms with Crippen LogP contribution in [0.5, 0.6) is 0 Å². The average molecular weight is 246 g/mol. The Labute approximate surface area is 105 Å². The Bertz CT molecular complexity index is 157. The normalized spacial score (nSPS) is 12.9. The fourth-order valence-corrected chi connectivity index (χ4v) is 2.58. The summed E-state index contributed by atoms with van der Waals surface area (Å²) in [6, 6.07) is 0. The summed E-state index contributed by atoms with van der Waals surface area (Å²) in [6.45, 7) is 2.27. The van der Waals surface area contributed by atoms with Crippen LogP contribution in [0.2, 0.25) is 0 Å². The van der Waals surface area contributed by atoms with Gasteiger partial charge < -0.3 is 0 Å². The molecule has 0 saturated heterocycles. The SMILES string of the molecule is CCCCCCCCCCCCCS(C)=O. The molecule has 1 nitrogen and oxygen atoms in total. The molecule has 98 valence electrons. The highest BCUT2D eigenvalue weighted by molar-refractivity contribution is 7.84. The zero-order valence-electron chi connectivity index (χ0n) is 11.3. The van der Waals surface area contributed by atoms with Crippen LogP contribution < -0.4 is 0 Å². The molecule has 0 rings (SSSR count). The minimum atomic E-state index is -0.579. The summed E-state index contributed by atoms with van der Waals surface area (Å²) in [7, 11) is -0.579. The fraction of sp³-hybridized carbons (Fsp3) is 1.00. The first-order chi connectivity index (χ1) is 7.77. The van der Waals surface area contributed by atoms with Crippen molar-refractivity contribution in [3.63, 3.8) is 0 Å². The molecular weight excluding hydrogens is 216 g/mol. The molecule has 0 spiro atoms. The molecular formula is C14H30OS. The summed E-state index contributed by atoms with van der Waals surface area (Å²) >= 11 is 0. The Kier molecular flexibility index (Phi) is 13.3. The van der Waals surface area contributed by atoms with Crippen LogP contribution in [-0.2, 0) is 10.8 Å². The van der Waals surface area contributed by atoms with Gasteiger partial charge in [0.25, 0.3) is 0 Å². The average Bonchev–Trinajstić information content (AvgIpc) is 2.25. The van der Waals surface area contributed by atoms with Crippen molar-refractivity contribution in [2.45, 2.75) is 77.6 Å². The van der Waals surface area contributed by atoms with E-state index < -0.39 is 10.8 Å². The van der Waals surface area contributed by atoms with Crippen molar-refractivity contribution in [2.75, 3.05) is 12.0 Å². The molecule has 0 heterocycles. The van der Waals surface area contributed by atoms with E-state index in [1.807, 2.05) is 0 Å². The minimum absolute atomic E-state index is 0.579. The Morgan fingerprint density at radius 3 is 1.44 bits per heavy atom. The Morgan fingerprint density at radius 1 is 0.688 bits per heavy atom. The van der Waals surface area contributed by atoms with E-state index in [4.69, 9.17) is 0 Å². The standard InChI is InChI=1S/C14H30OS/c1-3-4-5-6-7-8-9-10-11-12-13-14-16(2)15/h3-14H2,1-2H3. The van der Waals surface area contributed by atoms with E-state index in [2.05, 4.69) is 6.92 Å². The van der Waals surface area contributed by atoms with Crippen LogP contribution in [0.3, 0.4) is 0 Å². The van der Waals surface area contributed by atoms with Crippen LogP contribution in [0.4, 0.5) is 0 Å². The quantitative estimate of drug-likeness (QED) is 0.457. The van der Waals surface area contributed by atoms with Crippen molar-refractivity contribution in [1.82, 2.24) is 0 Å². The van der Waals surface area contributed by atoms with Gasteiger partial charge in [0, 0.05) is 22.8 Å². The van der Waals surface area contributed by atoms with Gasteiger partial charge in [0.15, 0.2) is 0 Å². The van der Waals surface area contributed by atoms with Crippen molar-refractivity contribution in [2.24, 2.45) is 0 Å². The second-order valence-corrected chi connectivity index (χ2v) is 6.37. The maximum atomic E-state index is 10.8. The van der Waals surface area contributed by atoms with E-state index in [-0.39, 0.29) is 0 Å². The van der Waals surface area contributed by atoms with Crippen LogP contribution in [0, 0.1) is 0 Å². The third-order valence-corrected chi connectivity index (χ3v) is 3.90. The highest BCUT2D eigenvalue weighted by Gasteiger charge is 1.94. The second kappa shape index (κ2) is 13.2. The summed E-state index contributed by atoms with van der Waals surface area (Å²) in [4.78, 5) is 0. The van der Waals surface area contributed by atoms with Crippen molar-refractivity contribution in [3.05, 3.63) is 0 Å². The molecule has 2 heteroatoms. The Morgan fingerprint density at radius 2 is 1.06 bits per heavy atom. The van der Waals surface area contributed by atoms with E-state index in [1.54, 1.807) is 6.26 Å². The molecule has 0 bridgehead atoms. The fourth-order valence-electron chi connectivity index (χ4n) is 1.97. The topological polar surface area (TPSA) is 17.1 Å². The molecule has 0 aliphatic carbocycles. The molecule has 0 aromatic carbocycles. The molecule has 0 saturated carbocycles. The highest BCUT2D eigenvalue weighted by Crippen LogP contribution is 2.11. The lowest BCUT2D eigenvalue weighted by Crippen LogP contribution is -1.93. The molecule has 0 aromatic rings. The minimum Gasteiger partial charge on any atom is -0.260 e. The zero-order chi connectivity index (χ0) is 12.1. The largest absolute Gasteiger partial charge is 0.260 e. The van der Waals surface area contributed by atoms with Crippen LogP contribution >= 0.6 is 0 Å². The molecule has 1 atom stereocenters. The molecule has 0 aromatic heterocycles. The molecule has 1 unspecified atom stereocenters. The third-order valence-electron chi connectivity index (χ3n) is 3.04. The lowest BCUT2D eigenvalue weighted by molar-refractivity contribution is 0.554. The second-order valence-electron chi connectivity index (χ2n) is 4.81. The van der Waals surface area contributed by atoms with Crippen LogP contribution in [0.25, 0.3) is 0 Å². The molecule has 16 heavy (non-hydrogen) atoms. The molecule has 0 radical (unpaired) electrons. The van der Waals surface area contributed by atoms with Gasteiger partial charge in [0.2, 0.25) is 0 Å². The predicted molar refractivity (Wildman–Crippen MR) is 75.4 cm³/mol. The van der Waals surface area contributed by atoms with Gasteiger partial charge >= 0.3 is 0 Å². The van der Waals surface area contributed by atoms with Crippen LogP contribution in [0.15, 0.2) is 0 Å². The van der Waals surface area contributed by atoms with Gasteiger partial charge in [-0.1, -0.05) is 71.1 Å². The first kappa shape index (κ1) is 16.1. The Balaban J connectivity index is 2.90. The number of hydrogen-bond acceptors (Lipinski definition) is 1. The van der Waals surface area contributed by atoms with Gasteiger partial charge in [-0.25, -0.2) is 0 Å². The van der Waals surface area contributed by atoms with Gasteiger partial charge in [-0.2, -0.15) is 0 Å². The smallest absolute Gasteiger partial charge is 0.0232 e. The van der Waals surface area contributed by atoms with Gasteiger partial charge in [0.05, 0.1) is 0 Å². The van der Waals surface area contributed by atoms with Crippen LogP contribution in [-0.4, -0.2) is 16.2 Å². The van der Waals surface area contributed by atoms with E-state index in [9.17, 15) is 4.21 Å². The van der Waals surface area contributed by atoms with Crippen molar-refractivity contribution >= 4 is 10.8 Å². The van der Waals surface area contributed by atoms with Gasteiger partial charge in [-0.05, 0) is 6.42 Å². The van der Waals surface area contributed by atoms with Crippen molar-refractivity contribution in [3.8, 4) is 0 Å². The predicted octanol–water partition coefficient (Wildman–Crippen LogP) is 4.68. The number of rotatable bonds is 12. The van der Waals surface area contributed by atoms with E-state index >= 15 is 0 Å². The maximum Gasteiger partial charge on any atom is 0.0232 e. The summed E-state index contributed by atoms with van der Waals surface area (Å²) in [6.07, 6.45) is 16.8. The monoisotopic (exact) mass is 246 g/mol. The zero-order valence-corrected chi connectivity index (χ0v) is 12.1. The summed E-state index contributed by atoms with van der Waals surface area (Å²) in [5, 5.41) is 0. The summed E-state index contributed by atoms with van der Waals surface area (Å²) in [5.74, 6) is 0.900. The van der Waals surface area contributed by atoms with Crippen molar-refractivity contribution in [1.29, 1.82) is 0 Å². The third kappa shape index (κ3) is 14.1. The van der Waals surface area contributed by atoms with E-state index in [1.165, 1.54) is 64.2 Å². The number of hydrogen-bond donors (Lipinski definition) is 0. The first-order valence-electron chi connectivity index (χ1n) is 7.07. The lowest BCUT2D eigenvalue weighted by Gasteiger charge is -2.01. The molecule has 0 aliphatic heterocycles. The number of unbranched alkanes of at least 4 members (excludes halogenated alkanes) is 10. The van der Waals surface area contributed by atoms with Crippen LogP contribution in [0.1, 0.15) is 77.6 Å². The van der Waals surface area contributed by atoms with Crippen molar-refractivity contribution < 1.29 is 4.21 Å². The lowest BCUT2D eigenvalue weighted by atomic mass is 10.1.